The average Bonchev–Trinajstić information content (AvgIpc) is 3.51. The molecule has 0 spiro atoms. The van der Waals surface area contributed by atoms with Crippen molar-refractivity contribution >= 4 is 46.1 Å². The summed E-state index contributed by atoms with van der Waals surface area (Å²) < 4.78 is 2.28. The first-order chi connectivity index (χ1) is 17.9. The van der Waals surface area contributed by atoms with Crippen LogP contribution in [0.1, 0.15) is 108 Å². The molecule has 1 aromatic rings. The summed E-state index contributed by atoms with van der Waals surface area (Å²) >= 11 is 6.91. The first-order valence-electron chi connectivity index (χ1n) is 14.1. The number of unbranched alkanes of at least 4 members (excludes halogenated alkanes) is 9. The van der Waals surface area contributed by atoms with E-state index in [0.29, 0.717) is 27.9 Å². The minimum atomic E-state index is -0.255. The van der Waals surface area contributed by atoms with Gasteiger partial charge in [-0.2, -0.15) is 5.26 Å². The molecule has 37 heavy (non-hydrogen) atoms. The van der Waals surface area contributed by atoms with Crippen molar-refractivity contribution in [2.75, 3.05) is 24.5 Å². The smallest absolute Gasteiger partial charge is 0.270 e. The lowest BCUT2D eigenvalue weighted by Crippen LogP contribution is -2.33. The van der Waals surface area contributed by atoms with Gasteiger partial charge in [-0.3, -0.25) is 19.1 Å². The van der Waals surface area contributed by atoms with E-state index >= 15 is 0 Å². The molecule has 0 saturated carbocycles. The number of thiocarbonyl (C=S) groups is 1. The lowest BCUT2D eigenvalue weighted by molar-refractivity contribution is -0.122. The molecule has 0 aromatic carbocycles. The van der Waals surface area contributed by atoms with Gasteiger partial charge < -0.3 is 4.90 Å². The third-order valence-corrected chi connectivity index (χ3v) is 8.83. The van der Waals surface area contributed by atoms with Crippen LogP contribution in [-0.4, -0.2) is 39.3 Å². The third kappa shape index (κ3) is 7.26. The second-order valence-electron chi connectivity index (χ2n) is 10.1. The van der Waals surface area contributed by atoms with Crippen LogP contribution in [0.2, 0.25) is 0 Å². The van der Waals surface area contributed by atoms with Crippen molar-refractivity contribution in [3.8, 4) is 6.07 Å². The summed E-state index contributed by atoms with van der Waals surface area (Å²) in [7, 11) is 0. The van der Waals surface area contributed by atoms with Crippen LogP contribution >= 0.6 is 24.0 Å². The summed E-state index contributed by atoms with van der Waals surface area (Å²) in [6, 6.07) is 2.10. The summed E-state index contributed by atoms with van der Waals surface area (Å²) in [4.78, 5) is 30.9. The number of nitrogens with zero attached hydrogens (tertiary/aromatic N) is 4. The summed E-state index contributed by atoms with van der Waals surface area (Å²) in [6.07, 6.45) is 16.5. The Morgan fingerprint density at radius 2 is 1.57 bits per heavy atom. The highest BCUT2D eigenvalue weighted by atomic mass is 32.2. The Kier molecular flexibility index (Phi) is 11.7. The third-order valence-electron chi connectivity index (χ3n) is 7.45. The molecule has 0 atom stereocenters. The maximum atomic E-state index is 13.3. The van der Waals surface area contributed by atoms with Crippen LogP contribution in [0.4, 0.5) is 5.82 Å². The fourth-order valence-corrected chi connectivity index (χ4v) is 6.58. The van der Waals surface area contributed by atoms with Gasteiger partial charge in [0.25, 0.3) is 11.5 Å². The number of rotatable bonds is 14. The van der Waals surface area contributed by atoms with Crippen LogP contribution in [0.5, 0.6) is 0 Å². The Balaban J connectivity index is 1.69. The molecule has 202 valence electrons. The predicted octanol–water partition coefficient (Wildman–Crippen LogP) is 6.77. The van der Waals surface area contributed by atoms with E-state index < -0.39 is 0 Å². The van der Waals surface area contributed by atoms with E-state index in [2.05, 4.69) is 17.9 Å². The highest BCUT2D eigenvalue weighted by Gasteiger charge is 2.33. The highest BCUT2D eigenvalue weighted by molar-refractivity contribution is 8.26. The van der Waals surface area contributed by atoms with Crippen molar-refractivity contribution in [3.05, 3.63) is 31.9 Å². The van der Waals surface area contributed by atoms with Crippen LogP contribution in [0.25, 0.3) is 6.08 Å². The zero-order chi connectivity index (χ0) is 26.8. The largest absolute Gasteiger partial charge is 0.357 e. The molecule has 2 saturated heterocycles. The molecule has 2 fully saturated rings. The summed E-state index contributed by atoms with van der Waals surface area (Å²) in [5, 5.41) is 9.72. The minimum Gasteiger partial charge on any atom is -0.357 e. The summed E-state index contributed by atoms with van der Waals surface area (Å²) in [5.41, 5.74) is 1.32. The van der Waals surface area contributed by atoms with Crippen molar-refractivity contribution < 1.29 is 4.79 Å². The lowest BCUT2D eigenvalue weighted by Gasteiger charge is -2.26. The normalized spacial score (nSPS) is 16.9. The van der Waals surface area contributed by atoms with Crippen molar-refractivity contribution in [1.82, 2.24) is 9.47 Å². The van der Waals surface area contributed by atoms with Crippen LogP contribution in [-0.2, 0) is 11.3 Å². The van der Waals surface area contributed by atoms with Gasteiger partial charge in [0.1, 0.15) is 21.8 Å². The van der Waals surface area contributed by atoms with Crippen molar-refractivity contribution in [2.24, 2.45) is 0 Å². The second kappa shape index (κ2) is 14.7. The van der Waals surface area contributed by atoms with E-state index in [9.17, 15) is 14.9 Å². The maximum absolute atomic E-state index is 13.3. The van der Waals surface area contributed by atoms with E-state index in [1.807, 2.05) is 19.9 Å². The van der Waals surface area contributed by atoms with Gasteiger partial charge in [-0.05, 0) is 44.7 Å². The molecule has 1 amide bonds. The molecule has 0 N–H and O–H groups in total. The molecule has 3 rings (SSSR count). The predicted molar refractivity (Wildman–Crippen MR) is 159 cm³/mol. The zero-order valence-corrected chi connectivity index (χ0v) is 24.4. The topological polar surface area (TPSA) is 69.3 Å². The first kappa shape index (κ1) is 29.4. The van der Waals surface area contributed by atoms with Gasteiger partial charge in [-0.1, -0.05) is 88.7 Å². The molecule has 2 aliphatic rings. The molecular weight excluding hydrogens is 500 g/mol. The van der Waals surface area contributed by atoms with E-state index in [1.165, 1.54) is 63.1 Å². The van der Waals surface area contributed by atoms with Crippen molar-refractivity contribution in [2.45, 2.75) is 104 Å². The van der Waals surface area contributed by atoms with Crippen LogP contribution in [0.3, 0.4) is 0 Å². The van der Waals surface area contributed by atoms with Crippen molar-refractivity contribution in [1.29, 1.82) is 5.26 Å². The van der Waals surface area contributed by atoms with Gasteiger partial charge in [-0.25, -0.2) is 0 Å². The number of amides is 1. The number of hydrogen-bond donors (Lipinski definition) is 0. The number of aromatic nitrogens is 1. The molecule has 0 bridgehead atoms. The number of carbonyl (C=O) groups is 1. The molecule has 0 aliphatic carbocycles. The zero-order valence-electron chi connectivity index (χ0n) is 22.8. The van der Waals surface area contributed by atoms with Gasteiger partial charge in [0, 0.05) is 31.7 Å². The molecule has 8 heteroatoms. The van der Waals surface area contributed by atoms with Crippen LogP contribution in [0.15, 0.2) is 9.70 Å². The van der Waals surface area contributed by atoms with Gasteiger partial charge in [0.15, 0.2) is 0 Å². The standard InChI is InChI=1S/C29H42N4O2S2/c1-4-6-7-8-9-10-11-12-13-14-19-33-28(35)25(37-29(33)36)20-23-22(3)24(21-30)27(34)32(5-2)26(23)31-17-15-16-18-31/h20H,4-19H2,1-3H3. The molecular formula is C29H42N4O2S2. The van der Waals surface area contributed by atoms with Gasteiger partial charge in [-0.15, -0.1) is 0 Å². The SMILES string of the molecule is CCCCCCCCCCCCN1C(=O)C(=Cc2c(C)c(C#N)c(=O)n(CC)c2N2CCCC2)SC1=S. The van der Waals surface area contributed by atoms with E-state index in [4.69, 9.17) is 12.2 Å². The van der Waals surface area contributed by atoms with Crippen LogP contribution in [0, 0.1) is 18.3 Å². The lowest BCUT2D eigenvalue weighted by atomic mass is 10.0. The second-order valence-corrected chi connectivity index (χ2v) is 11.8. The van der Waals surface area contributed by atoms with Crippen LogP contribution < -0.4 is 10.5 Å². The molecule has 0 radical (unpaired) electrons. The number of anilines is 1. The number of pyridine rings is 1. The highest BCUT2D eigenvalue weighted by Crippen LogP contribution is 2.36. The first-order valence-corrected chi connectivity index (χ1v) is 15.3. The molecule has 0 unspecified atom stereocenters. The fraction of sp³-hybridized carbons (Fsp3) is 0.655. The molecule has 3 heterocycles. The van der Waals surface area contributed by atoms with Gasteiger partial charge in [0.2, 0.25) is 0 Å². The number of thioether (sulfide) groups is 1. The van der Waals surface area contributed by atoms with Gasteiger partial charge >= 0.3 is 0 Å². The summed E-state index contributed by atoms with van der Waals surface area (Å²) in [5.74, 6) is 0.756. The quantitative estimate of drug-likeness (QED) is 0.147. The molecule has 1 aromatic heterocycles. The Bertz CT molecular complexity index is 1100. The monoisotopic (exact) mass is 542 g/mol. The maximum Gasteiger partial charge on any atom is 0.270 e. The Hall–Kier alpha value is -2.11. The van der Waals surface area contributed by atoms with E-state index in [-0.39, 0.29) is 17.0 Å². The average molecular weight is 543 g/mol. The Morgan fingerprint density at radius 3 is 2.14 bits per heavy atom. The Labute approximate surface area is 232 Å². The van der Waals surface area contributed by atoms with Gasteiger partial charge in [0.05, 0.1) is 4.91 Å². The number of carbonyl (C=O) groups excluding carboxylic acids is 1. The van der Waals surface area contributed by atoms with Crippen molar-refractivity contribution in [3.63, 3.8) is 0 Å². The molecule has 2 aliphatic heterocycles. The van der Waals surface area contributed by atoms with E-state index in [0.717, 1.165) is 50.2 Å². The Morgan fingerprint density at radius 1 is 0.973 bits per heavy atom. The molecule has 6 nitrogen and oxygen atoms in total. The fourth-order valence-electron chi connectivity index (χ4n) is 5.29. The number of nitriles is 1. The van der Waals surface area contributed by atoms with E-state index in [1.54, 1.807) is 9.47 Å². The number of hydrogen-bond acceptors (Lipinski definition) is 6. The summed E-state index contributed by atoms with van der Waals surface area (Å²) in [6.45, 7) is 8.84. The minimum absolute atomic E-state index is 0.0644.